The lowest BCUT2D eigenvalue weighted by Crippen LogP contribution is -2.59. The van der Waals surface area contributed by atoms with Gasteiger partial charge in [0.1, 0.15) is 0 Å². The van der Waals surface area contributed by atoms with Gasteiger partial charge >= 0.3 is 0 Å². The number of hydrogen-bond acceptors (Lipinski definition) is 5. The molecule has 0 saturated carbocycles. The maximum atomic E-state index is 11.9. The standard InChI is InChI=1S/C13H22N2O2S2/c1-15(7-5-12-4-2-8-18-12)13(10-14)6-3-9-19(16,17)11-13/h2,4,8H,3,5-7,9-11,14H2,1H3. The van der Waals surface area contributed by atoms with Gasteiger partial charge in [0.15, 0.2) is 9.84 Å². The Hall–Kier alpha value is -0.430. The Labute approximate surface area is 119 Å². The Morgan fingerprint density at radius 3 is 2.89 bits per heavy atom. The zero-order valence-corrected chi connectivity index (χ0v) is 13.0. The molecule has 0 amide bonds. The minimum atomic E-state index is -2.94. The van der Waals surface area contributed by atoms with Gasteiger partial charge in [-0.2, -0.15) is 0 Å². The molecule has 0 spiro atoms. The fourth-order valence-electron chi connectivity index (χ4n) is 2.76. The van der Waals surface area contributed by atoms with E-state index in [-0.39, 0.29) is 11.3 Å². The van der Waals surface area contributed by atoms with Crippen molar-refractivity contribution in [2.45, 2.75) is 24.8 Å². The molecule has 0 aliphatic carbocycles. The second-order valence-electron chi connectivity index (χ2n) is 5.37. The van der Waals surface area contributed by atoms with Gasteiger partial charge in [-0.3, -0.25) is 4.90 Å². The van der Waals surface area contributed by atoms with Crippen molar-refractivity contribution in [1.82, 2.24) is 4.90 Å². The zero-order chi connectivity index (χ0) is 13.9. The van der Waals surface area contributed by atoms with Crippen LogP contribution in [-0.4, -0.2) is 50.5 Å². The predicted octanol–water partition coefficient (Wildman–Crippen LogP) is 1.13. The number of hydrogen-bond donors (Lipinski definition) is 1. The largest absolute Gasteiger partial charge is 0.329 e. The van der Waals surface area contributed by atoms with Gasteiger partial charge in [-0.15, -0.1) is 11.3 Å². The predicted molar refractivity (Wildman–Crippen MR) is 80.3 cm³/mol. The first-order chi connectivity index (χ1) is 8.97. The molecule has 19 heavy (non-hydrogen) atoms. The van der Waals surface area contributed by atoms with Crippen molar-refractivity contribution in [2.75, 3.05) is 31.6 Å². The minimum Gasteiger partial charge on any atom is -0.329 e. The molecule has 1 saturated heterocycles. The van der Waals surface area contributed by atoms with Crippen molar-refractivity contribution < 1.29 is 8.42 Å². The zero-order valence-electron chi connectivity index (χ0n) is 11.3. The van der Waals surface area contributed by atoms with E-state index in [1.165, 1.54) is 4.88 Å². The van der Waals surface area contributed by atoms with Crippen LogP contribution in [0.3, 0.4) is 0 Å². The van der Waals surface area contributed by atoms with Crippen LogP contribution in [0.2, 0.25) is 0 Å². The van der Waals surface area contributed by atoms with Gasteiger partial charge in [0, 0.05) is 23.5 Å². The molecule has 0 bridgehead atoms. The number of likely N-dealkylation sites (N-methyl/N-ethyl adjacent to an activating group) is 1. The average molecular weight is 302 g/mol. The van der Waals surface area contributed by atoms with Crippen molar-refractivity contribution in [1.29, 1.82) is 0 Å². The van der Waals surface area contributed by atoms with E-state index in [9.17, 15) is 8.42 Å². The van der Waals surface area contributed by atoms with E-state index in [1.54, 1.807) is 11.3 Å². The molecule has 0 aromatic carbocycles. The normalized spacial score (nSPS) is 26.7. The third-order valence-corrected chi connectivity index (χ3v) is 6.87. The smallest absolute Gasteiger partial charge is 0.152 e. The molecule has 1 fully saturated rings. The maximum absolute atomic E-state index is 11.9. The second kappa shape index (κ2) is 5.91. The molecule has 0 radical (unpaired) electrons. The number of rotatable bonds is 5. The Bertz CT molecular complexity index is 499. The topological polar surface area (TPSA) is 63.4 Å². The summed E-state index contributed by atoms with van der Waals surface area (Å²) in [5, 5.41) is 2.07. The number of nitrogens with zero attached hydrogens (tertiary/aromatic N) is 1. The van der Waals surface area contributed by atoms with Crippen LogP contribution in [0.15, 0.2) is 17.5 Å². The van der Waals surface area contributed by atoms with E-state index in [0.717, 1.165) is 25.8 Å². The lowest BCUT2D eigenvalue weighted by atomic mass is 9.93. The third kappa shape index (κ3) is 3.56. The molecule has 4 nitrogen and oxygen atoms in total. The summed E-state index contributed by atoms with van der Waals surface area (Å²) in [7, 11) is -0.937. The fraction of sp³-hybridized carbons (Fsp3) is 0.692. The summed E-state index contributed by atoms with van der Waals surface area (Å²) in [5.41, 5.74) is 5.54. The molecule has 1 aromatic heterocycles. The summed E-state index contributed by atoms with van der Waals surface area (Å²) in [4.78, 5) is 3.49. The first kappa shape index (κ1) is 15.0. The molecule has 1 atom stereocenters. The molecule has 1 aromatic rings. The van der Waals surface area contributed by atoms with Gasteiger partial charge in [0.2, 0.25) is 0 Å². The fourth-order valence-corrected chi connectivity index (χ4v) is 5.49. The first-order valence-corrected chi connectivity index (χ1v) is 9.32. The van der Waals surface area contributed by atoms with Gasteiger partial charge < -0.3 is 5.73 Å². The van der Waals surface area contributed by atoms with Gasteiger partial charge in [-0.1, -0.05) is 6.07 Å². The van der Waals surface area contributed by atoms with Crippen molar-refractivity contribution in [3.8, 4) is 0 Å². The Morgan fingerprint density at radius 2 is 2.32 bits per heavy atom. The molecular weight excluding hydrogens is 280 g/mol. The highest BCUT2D eigenvalue weighted by Crippen LogP contribution is 2.27. The number of nitrogens with two attached hydrogens (primary N) is 1. The second-order valence-corrected chi connectivity index (χ2v) is 8.59. The first-order valence-electron chi connectivity index (χ1n) is 6.62. The van der Waals surface area contributed by atoms with Gasteiger partial charge in [0.25, 0.3) is 0 Å². The van der Waals surface area contributed by atoms with Gasteiger partial charge in [-0.25, -0.2) is 8.42 Å². The van der Waals surface area contributed by atoms with Crippen LogP contribution >= 0.6 is 11.3 Å². The quantitative estimate of drug-likeness (QED) is 0.885. The summed E-state index contributed by atoms with van der Waals surface area (Å²) in [6.07, 6.45) is 2.56. The Kier molecular flexibility index (Phi) is 4.66. The lowest BCUT2D eigenvalue weighted by molar-refractivity contribution is 0.133. The third-order valence-electron chi connectivity index (χ3n) is 4.05. The van der Waals surface area contributed by atoms with E-state index in [4.69, 9.17) is 5.73 Å². The van der Waals surface area contributed by atoms with Crippen molar-refractivity contribution in [3.05, 3.63) is 22.4 Å². The summed E-state index contributed by atoms with van der Waals surface area (Å²) in [6.45, 7) is 1.26. The molecular formula is C13H22N2O2S2. The molecule has 2 rings (SSSR count). The van der Waals surface area contributed by atoms with Crippen molar-refractivity contribution in [3.63, 3.8) is 0 Å². The highest BCUT2D eigenvalue weighted by Gasteiger charge is 2.40. The lowest BCUT2D eigenvalue weighted by Gasteiger charge is -2.43. The summed E-state index contributed by atoms with van der Waals surface area (Å²) < 4.78 is 23.8. The molecule has 1 unspecified atom stereocenters. The van der Waals surface area contributed by atoms with E-state index < -0.39 is 9.84 Å². The van der Waals surface area contributed by atoms with Gasteiger partial charge in [-0.05, 0) is 37.8 Å². The highest BCUT2D eigenvalue weighted by atomic mass is 32.2. The van der Waals surface area contributed by atoms with Crippen molar-refractivity contribution >= 4 is 21.2 Å². The van der Waals surface area contributed by atoms with E-state index >= 15 is 0 Å². The number of thiophene rings is 1. The molecule has 1 aliphatic rings. The highest BCUT2D eigenvalue weighted by molar-refractivity contribution is 7.91. The molecule has 2 heterocycles. The summed E-state index contributed by atoms with van der Waals surface area (Å²) >= 11 is 1.74. The maximum Gasteiger partial charge on any atom is 0.152 e. The van der Waals surface area contributed by atoms with Crippen LogP contribution in [0.25, 0.3) is 0 Å². The van der Waals surface area contributed by atoms with Crippen LogP contribution in [0.4, 0.5) is 0 Å². The SMILES string of the molecule is CN(CCc1cccs1)C1(CN)CCCS(=O)(=O)C1. The van der Waals surface area contributed by atoms with E-state index in [1.807, 2.05) is 13.1 Å². The molecule has 108 valence electrons. The number of sulfone groups is 1. The molecule has 6 heteroatoms. The molecule has 2 N–H and O–H groups in total. The summed E-state index contributed by atoms with van der Waals surface area (Å²) in [6, 6.07) is 4.16. The van der Waals surface area contributed by atoms with Crippen LogP contribution in [0.1, 0.15) is 17.7 Å². The Morgan fingerprint density at radius 1 is 1.53 bits per heavy atom. The van der Waals surface area contributed by atoms with Gasteiger partial charge in [0.05, 0.1) is 11.5 Å². The Balaban J connectivity index is 2.03. The monoisotopic (exact) mass is 302 g/mol. The van der Waals surface area contributed by atoms with E-state index in [0.29, 0.717) is 12.3 Å². The van der Waals surface area contributed by atoms with Crippen LogP contribution in [0, 0.1) is 0 Å². The molecule has 1 aliphatic heterocycles. The average Bonchev–Trinajstić information content (AvgIpc) is 2.87. The minimum absolute atomic E-state index is 0.206. The van der Waals surface area contributed by atoms with Crippen molar-refractivity contribution in [2.24, 2.45) is 5.73 Å². The van der Waals surface area contributed by atoms with Crippen LogP contribution in [0.5, 0.6) is 0 Å². The summed E-state index contributed by atoms with van der Waals surface area (Å²) in [5.74, 6) is 0.519. The van der Waals surface area contributed by atoms with Crippen LogP contribution < -0.4 is 5.73 Å². The van der Waals surface area contributed by atoms with Crippen LogP contribution in [-0.2, 0) is 16.3 Å². The van der Waals surface area contributed by atoms with E-state index in [2.05, 4.69) is 16.3 Å².